The summed E-state index contributed by atoms with van der Waals surface area (Å²) in [5.41, 5.74) is 1.09. The van der Waals surface area contributed by atoms with Crippen molar-refractivity contribution in [2.75, 3.05) is 31.5 Å². The molecule has 2 atom stereocenters. The van der Waals surface area contributed by atoms with Crippen molar-refractivity contribution in [2.45, 2.75) is 31.8 Å². The number of hydrogen-bond donors (Lipinski definition) is 3. The Balaban J connectivity index is 1.50. The second-order valence-corrected chi connectivity index (χ2v) is 8.61. The Morgan fingerprint density at radius 3 is 2.53 bits per heavy atom. The molecule has 3 N–H and O–H groups in total. The number of aromatic nitrogens is 2. The van der Waals surface area contributed by atoms with Crippen molar-refractivity contribution >= 4 is 35.2 Å². The summed E-state index contributed by atoms with van der Waals surface area (Å²) in [5.74, 6) is -1.38. The molecule has 188 valence electrons. The molecule has 0 spiro atoms. The lowest BCUT2D eigenvalue weighted by Gasteiger charge is -2.40. The topological polar surface area (TPSA) is 154 Å². The van der Waals surface area contributed by atoms with Crippen molar-refractivity contribution in [3.8, 4) is 0 Å². The van der Waals surface area contributed by atoms with E-state index in [9.17, 15) is 24.0 Å². The Labute approximate surface area is 207 Å². The number of nitrogens with zero attached hydrogens (tertiary/aromatic N) is 4. The maximum Gasteiger partial charge on any atom is 0.321 e. The minimum atomic E-state index is -1.03. The highest BCUT2D eigenvalue weighted by Gasteiger charge is 2.39. The molecule has 12 heteroatoms. The van der Waals surface area contributed by atoms with E-state index in [2.05, 4.69) is 25.9 Å². The summed E-state index contributed by atoms with van der Waals surface area (Å²) >= 11 is 0. The van der Waals surface area contributed by atoms with Gasteiger partial charge in [0.2, 0.25) is 11.8 Å². The van der Waals surface area contributed by atoms with Gasteiger partial charge in [0.15, 0.2) is 5.78 Å². The monoisotopic (exact) mass is 493 g/mol. The molecule has 3 heterocycles. The second kappa shape index (κ2) is 10.9. The maximum absolute atomic E-state index is 13.3. The number of amides is 5. The lowest BCUT2D eigenvalue weighted by molar-refractivity contribution is -0.133. The zero-order valence-electron chi connectivity index (χ0n) is 19.8. The number of carbonyl (C=O) groups is 5. The van der Waals surface area contributed by atoms with Gasteiger partial charge in [0.05, 0.1) is 12.7 Å². The summed E-state index contributed by atoms with van der Waals surface area (Å²) in [4.78, 5) is 73.8. The number of piperazine rings is 1. The fourth-order valence-electron chi connectivity index (χ4n) is 4.16. The highest BCUT2D eigenvalue weighted by Crippen LogP contribution is 2.17. The van der Waals surface area contributed by atoms with Crippen LogP contribution in [0.5, 0.6) is 0 Å². The number of piperidine rings is 1. The average Bonchev–Trinajstić information content (AvgIpc) is 2.90. The highest BCUT2D eigenvalue weighted by molar-refractivity contribution is 5.98. The molecule has 0 saturated carbocycles. The van der Waals surface area contributed by atoms with Crippen LogP contribution in [0.3, 0.4) is 0 Å². The van der Waals surface area contributed by atoms with Crippen LogP contribution in [0.4, 0.5) is 10.5 Å². The van der Waals surface area contributed by atoms with E-state index in [4.69, 9.17) is 0 Å². The smallest absolute Gasteiger partial charge is 0.321 e. The SMILES string of the molecule is CC(=O)c1ccc(NC(=O)N2CCN(C(=O)c3cnccn3)[C@H](C(=O)N[C@@H]3CCCNC3=O)C2)cc1. The summed E-state index contributed by atoms with van der Waals surface area (Å²) in [5, 5.41) is 8.20. The Kier molecular flexibility index (Phi) is 7.52. The van der Waals surface area contributed by atoms with Gasteiger partial charge in [-0.25, -0.2) is 9.78 Å². The minimum Gasteiger partial charge on any atom is -0.354 e. The fraction of sp³-hybridized carbons (Fsp3) is 0.375. The summed E-state index contributed by atoms with van der Waals surface area (Å²) in [6.07, 6.45) is 5.35. The lowest BCUT2D eigenvalue weighted by atomic mass is 10.0. The third-order valence-corrected chi connectivity index (χ3v) is 6.16. The number of ketones is 1. The Hall–Kier alpha value is -4.35. The number of anilines is 1. The van der Waals surface area contributed by atoms with E-state index in [0.29, 0.717) is 24.2 Å². The van der Waals surface area contributed by atoms with Crippen molar-refractivity contribution in [3.63, 3.8) is 0 Å². The molecule has 0 aliphatic carbocycles. The molecule has 36 heavy (non-hydrogen) atoms. The number of rotatable bonds is 5. The normalized spacial score (nSPS) is 19.8. The predicted octanol–water partition coefficient (Wildman–Crippen LogP) is 0.433. The van der Waals surface area contributed by atoms with E-state index in [1.807, 2.05) is 0 Å². The van der Waals surface area contributed by atoms with Gasteiger partial charge in [-0.2, -0.15) is 0 Å². The van der Waals surface area contributed by atoms with E-state index in [1.54, 1.807) is 24.3 Å². The molecule has 2 aliphatic rings. The molecule has 1 aromatic heterocycles. The molecule has 12 nitrogen and oxygen atoms in total. The third kappa shape index (κ3) is 5.65. The van der Waals surface area contributed by atoms with Crippen LogP contribution in [-0.4, -0.2) is 87.6 Å². The van der Waals surface area contributed by atoms with Gasteiger partial charge in [0.1, 0.15) is 17.8 Å². The van der Waals surface area contributed by atoms with Crippen molar-refractivity contribution < 1.29 is 24.0 Å². The summed E-state index contributed by atoms with van der Waals surface area (Å²) in [6, 6.07) is 4.27. The second-order valence-electron chi connectivity index (χ2n) is 8.61. The van der Waals surface area contributed by atoms with Crippen LogP contribution in [-0.2, 0) is 9.59 Å². The van der Waals surface area contributed by atoms with Gasteiger partial charge >= 0.3 is 6.03 Å². The average molecular weight is 494 g/mol. The Morgan fingerprint density at radius 1 is 1.08 bits per heavy atom. The van der Waals surface area contributed by atoms with Gasteiger partial charge in [-0.05, 0) is 44.0 Å². The quantitative estimate of drug-likeness (QED) is 0.511. The molecule has 0 unspecified atom stereocenters. The Bertz CT molecular complexity index is 1160. The zero-order valence-corrected chi connectivity index (χ0v) is 19.8. The molecular formula is C24H27N7O5. The largest absolute Gasteiger partial charge is 0.354 e. The van der Waals surface area contributed by atoms with Crippen LogP contribution < -0.4 is 16.0 Å². The van der Waals surface area contributed by atoms with Crippen LogP contribution in [0, 0.1) is 0 Å². The van der Waals surface area contributed by atoms with E-state index in [0.717, 1.165) is 6.42 Å². The first kappa shape index (κ1) is 24.8. The minimum absolute atomic E-state index is 0.0779. The van der Waals surface area contributed by atoms with Gasteiger partial charge in [-0.1, -0.05) is 0 Å². The molecule has 1 aromatic carbocycles. The molecule has 2 saturated heterocycles. The predicted molar refractivity (Wildman–Crippen MR) is 128 cm³/mol. The van der Waals surface area contributed by atoms with Crippen LogP contribution in [0.2, 0.25) is 0 Å². The van der Waals surface area contributed by atoms with Gasteiger partial charge in [-0.3, -0.25) is 24.2 Å². The molecule has 5 amide bonds. The molecule has 0 radical (unpaired) electrons. The van der Waals surface area contributed by atoms with Gasteiger partial charge in [0.25, 0.3) is 5.91 Å². The van der Waals surface area contributed by atoms with Gasteiger partial charge < -0.3 is 25.8 Å². The first-order chi connectivity index (χ1) is 17.3. The maximum atomic E-state index is 13.3. The van der Waals surface area contributed by atoms with Crippen LogP contribution in [0.15, 0.2) is 42.9 Å². The molecular weight excluding hydrogens is 466 g/mol. The van der Waals surface area contributed by atoms with Crippen molar-refractivity contribution in [1.29, 1.82) is 0 Å². The number of Topliss-reactive ketones (excluding diaryl/α,β-unsaturated/α-hetero) is 1. The van der Waals surface area contributed by atoms with Crippen molar-refractivity contribution in [1.82, 2.24) is 30.4 Å². The molecule has 0 bridgehead atoms. The highest BCUT2D eigenvalue weighted by atomic mass is 16.2. The number of benzene rings is 1. The number of hydrogen-bond acceptors (Lipinski definition) is 7. The third-order valence-electron chi connectivity index (χ3n) is 6.16. The van der Waals surface area contributed by atoms with E-state index in [1.165, 1.54) is 35.3 Å². The number of carbonyl (C=O) groups excluding carboxylic acids is 5. The Morgan fingerprint density at radius 2 is 1.86 bits per heavy atom. The number of nitrogens with one attached hydrogen (secondary N) is 3. The fourth-order valence-corrected chi connectivity index (χ4v) is 4.16. The van der Waals surface area contributed by atoms with Crippen molar-refractivity contribution in [2.24, 2.45) is 0 Å². The number of urea groups is 1. The molecule has 4 rings (SSSR count). The van der Waals surface area contributed by atoms with Gasteiger partial charge in [0, 0.05) is 43.3 Å². The van der Waals surface area contributed by atoms with E-state index < -0.39 is 29.9 Å². The molecule has 2 aromatic rings. The van der Waals surface area contributed by atoms with Crippen LogP contribution in [0.1, 0.15) is 40.6 Å². The van der Waals surface area contributed by atoms with E-state index >= 15 is 0 Å². The van der Waals surface area contributed by atoms with Gasteiger partial charge in [-0.15, -0.1) is 0 Å². The summed E-state index contributed by atoms with van der Waals surface area (Å²) < 4.78 is 0. The molecule has 2 aliphatic heterocycles. The first-order valence-electron chi connectivity index (χ1n) is 11.7. The summed E-state index contributed by atoms with van der Waals surface area (Å²) in [6.45, 7) is 2.19. The van der Waals surface area contributed by atoms with Crippen molar-refractivity contribution in [3.05, 3.63) is 54.1 Å². The van der Waals surface area contributed by atoms with Crippen LogP contribution >= 0.6 is 0 Å². The first-order valence-corrected chi connectivity index (χ1v) is 11.7. The van der Waals surface area contributed by atoms with E-state index in [-0.39, 0.29) is 37.0 Å². The lowest BCUT2D eigenvalue weighted by Crippen LogP contribution is -2.64. The van der Waals surface area contributed by atoms with Crippen LogP contribution in [0.25, 0.3) is 0 Å². The summed E-state index contributed by atoms with van der Waals surface area (Å²) in [7, 11) is 0. The zero-order chi connectivity index (χ0) is 25.7. The molecule has 2 fully saturated rings. The standard InChI is InChI=1S/C24H27N7O5/c1-15(32)16-4-6-17(7-5-16)28-24(36)30-11-12-31(23(35)19-13-25-9-10-26-19)20(14-30)22(34)29-18-3-2-8-27-21(18)33/h4-7,9-10,13,18,20H,2-3,8,11-12,14H2,1H3,(H,27,33)(H,28,36)(H,29,34)/t18-,20+/m1/s1.